The zero-order chi connectivity index (χ0) is 14.5. The van der Waals surface area contributed by atoms with Crippen LogP contribution < -0.4 is 5.32 Å². The van der Waals surface area contributed by atoms with Crippen molar-refractivity contribution in [2.45, 2.75) is 24.1 Å². The second kappa shape index (κ2) is 6.78. The lowest BCUT2D eigenvalue weighted by Gasteiger charge is -2.04. The van der Waals surface area contributed by atoms with Crippen LogP contribution in [-0.4, -0.2) is 15.9 Å². The highest BCUT2D eigenvalue weighted by atomic mass is 32.2. The van der Waals surface area contributed by atoms with Gasteiger partial charge in [-0.3, -0.25) is 0 Å². The zero-order valence-electron chi connectivity index (χ0n) is 12.1. The molecule has 0 amide bonds. The summed E-state index contributed by atoms with van der Waals surface area (Å²) in [5, 5.41) is 3.34. The van der Waals surface area contributed by atoms with E-state index in [0.717, 1.165) is 30.2 Å². The average Bonchev–Trinajstić information content (AvgIpc) is 2.95. The molecule has 0 aliphatic carbocycles. The van der Waals surface area contributed by atoms with E-state index in [9.17, 15) is 0 Å². The van der Waals surface area contributed by atoms with E-state index in [1.54, 1.807) is 0 Å². The minimum Gasteiger partial charge on any atom is -0.313 e. The molecule has 0 spiro atoms. The van der Waals surface area contributed by atoms with E-state index in [1.807, 2.05) is 36.2 Å². The van der Waals surface area contributed by atoms with Crippen LogP contribution in [0.25, 0.3) is 5.65 Å². The highest BCUT2D eigenvalue weighted by Gasteiger charge is 2.02. The molecule has 0 aliphatic heterocycles. The van der Waals surface area contributed by atoms with Crippen molar-refractivity contribution < 1.29 is 0 Å². The molecule has 0 fully saturated rings. The van der Waals surface area contributed by atoms with Gasteiger partial charge in [0.15, 0.2) is 0 Å². The summed E-state index contributed by atoms with van der Waals surface area (Å²) in [6, 6.07) is 14.8. The fourth-order valence-corrected chi connectivity index (χ4v) is 2.97. The van der Waals surface area contributed by atoms with Crippen molar-refractivity contribution in [3.63, 3.8) is 0 Å². The van der Waals surface area contributed by atoms with Crippen molar-refractivity contribution >= 4 is 17.4 Å². The minimum absolute atomic E-state index is 0.897. The fraction of sp³-hybridized carbons (Fsp3) is 0.235. The van der Waals surface area contributed by atoms with Gasteiger partial charge >= 0.3 is 0 Å². The van der Waals surface area contributed by atoms with E-state index in [0.29, 0.717) is 0 Å². The van der Waals surface area contributed by atoms with Crippen molar-refractivity contribution in [3.8, 4) is 0 Å². The molecular weight excluding hydrogens is 278 g/mol. The smallest absolute Gasteiger partial charge is 0.137 e. The molecule has 0 radical (unpaired) electrons. The van der Waals surface area contributed by atoms with E-state index in [-0.39, 0.29) is 0 Å². The Morgan fingerprint density at radius 3 is 2.76 bits per heavy atom. The molecule has 1 aromatic carbocycles. The second-order valence-electron chi connectivity index (χ2n) is 4.91. The van der Waals surface area contributed by atoms with Crippen molar-refractivity contribution in [1.29, 1.82) is 0 Å². The maximum atomic E-state index is 4.62. The van der Waals surface area contributed by atoms with Gasteiger partial charge in [-0.25, -0.2) is 4.98 Å². The van der Waals surface area contributed by atoms with E-state index in [2.05, 4.69) is 52.1 Å². The minimum atomic E-state index is 0.897. The zero-order valence-corrected chi connectivity index (χ0v) is 12.9. The first-order chi connectivity index (χ1) is 10.3. The number of rotatable bonds is 6. The number of thioether (sulfide) groups is 1. The molecule has 0 unspecified atom stereocenters. The lowest BCUT2D eigenvalue weighted by Crippen LogP contribution is -2.11. The average molecular weight is 297 g/mol. The Kier molecular flexibility index (Phi) is 4.58. The Balaban J connectivity index is 1.61. The number of nitrogens with one attached hydrogen (secondary N) is 1. The summed E-state index contributed by atoms with van der Waals surface area (Å²) >= 11 is 1.83. The van der Waals surface area contributed by atoms with Gasteiger partial charge in [0.1, 0.15) is 5.65 Å². The van der Waals surface area contributed by atoms with Crippen LogP contribution in [0.3, 0.4) is 0 Å². The third kappa shape index (κ3) is 3.65. The van der Waals surface area contributed by atoms with Crippen LogP contribution in [0.4, 0.5) is 0 Å². The van der Waals surface area contributed by atoms with Crippen LogP contribution in [0.1, 0.15) is 18.2 Å². The summed E-state index contributed by atoms with van der Waals surface area (Å²) in [4.78, 5) is 5.90. The normalized spacial score (nSPS) is 11.1. The first-order valence-corrected chi connectivity index (χ1v) is 8.19. The van der Waals surface area contributed by atoms with Gasteiger partial charge in [-0.1, -0.05) is 25.1 Å². The summed E-state index contributed by atoms with van der Waals surface area (Å²) in [5.41, 5.74) is 3.45. The van der Waals surface area contributed by atoms with Gasteiger partial charge in [0, 0.05) is 29.6 Å². The molecule has 2 heterocycles. The van der Waals surface area contributed by atoms with E-state index < -0.39 is 0 Å². The standard InChI is InChI=1S/C17H19N3S/c1-2-18-11-14-6-8-16(9-7-14)21-13-15-12-20-10-4-3-5-17(20)19-15/h3-10,12,18H,2,11,13H2,1H3. The predicted molar refractivity (Wildman–Crippen MR) is 88.6 cm³/mol. The number of aromatic nitrogens is 2. The van der Waals surface area contributed by atoms with E-state index in [4.69, 9.17) is 0 Å². The van der Waals surface area contributed by atoms with Crippen LogP contribution in [0.2, 0.25) is 0 Å². The maximum Gasteiger partial charge on any atom is 0.137 e. The maximum absolute atomic E-state index is 4.62. The van der Waals surface area contributed by atoms with Crippen LogP contribution in [0.5, 0.6) is 0 Å². The molecule has 108 valence electrons. The lowest BCUT2D eigenvalue weighted by molar-refractivity contribution is 0.726. The van der Waals surface area contributed by atoms with Crippen molar-refractivity contribution in [2.24, 2.45) is 0 Å². The van der Waals surface area contributed by atoms with Gasteiger partial charge in [-0.05, 0) is 36.4 Å². The number of benzene rings is 1. The molecule has 21 heavy (non-hydrogen) atoms. The quantitative estimate of drug-likeness (QED) is 0.703. The van der Waals surface area contributed by atoms with E-state index in [1.165, 1.54) is 10.5 Å². The molecule has 0 bridgehead atoms. The summed E-state index contributed by atoms with van der Waals surface area (Å²) < 4.78 is 2.06. The van der Waals surface area contributed by atoms with Gasteiger partial charge in [0.25, 0.3) is 0 Å². The number of nitrogens with zero attached hydrogens (tertiary/aromatic N) is 2. The second-order valence-corrected chi connectivity index (χ2v) is 5.96. The molecule has 0 aliphatic rings. The molecule has 0 atom stereocenters. The van der Waals surface area contributed by atoms with Gasteiger partial charge in [-0.2, -0.15) is 0 Å². The van der Waals surface area contributed by atoms with Crippen LogP contribution in [0.15, 0.2) is 59.8 Å². The summed E-state index contributed by atoms with van der Waals surface area (Å²) in [6.07, 6.45) is 4.13. The predicted octanol–water partition coefficient (Wildman–Crippen LogP) is 3.74. The van der Waals surface area contributed by atoms with E-state index >= 15 is 0 Å². The summed E-state index contributed by atoms with van der Waals surface area (Å²) in [5.74, 6) is 0.897. The molecule has 4 heteroatoms. The van der Waals surface area contributed by atoms with Crippen LogP contribution in [0, 0.1) is 0 Å². The number of fused-ring (bicyclic) bond motifs is 1. The highest BCUT2D eigenvalue weighted by Crippen LogP contribution is 2.23. The van der Waals surface area contributed by atoms with Gasteiger partial charge in [0.2, 0.25) is 0 Å². The summed E-state index contributed by atoms with van der Waals surface area (Å²) in [6.45, 7) is 4.07. The Morgan fingerprint density at radius 1 is 1.14 bits per heavy atom. The molecule has 3 aromatic rings. The molecule has 1 N–H and O–H groups in total. The number of hydrogen-bond acceptors (Lipinski definition) is 3. The monoisotopic (exact) mass is 297 g/mol. The molecule has 2 aromatic heterocycles. The fourth-order valence-electron chi connectivity index (χ4n) is 2.19. The third-order valence-electron chi connectivity index (χ3n) is 3.30. The largest absolute Gasteiger partial charge is 0.313 e. The van der Waals surface area contributed by atoms with Gasteiger partial charge < -0.3 is 9.72 Å². The molecule has 0 saturated carbocycles. The lowest BCUT2D eigenvalue weighted by atomic mass is 10.2. The molecular formula is C17H19N3S. The van der Waals surface area contributed by atoms with Crippen molar-refractivity contribution in [2.75, 3.05) is 6.54 Å². The van der Waals surface area contributed by atoms with Crippen LogP contribution in [-0.2, 0) is 12.3 Å². The van der Waals surface area contributed by atoms with Crippen LogP contribution >= 0.6 is 11.8 Å². The Labute approximate surface area is 129 Å². The van der Waals surface area contributed by atoms with Gasteiger partial charge in [-0.15, -0.1) is 11.8 Å². The summed E-state index contributed by atoms with van der Waals surface area (Å²) in [7, 11) is 0. The first-order valence-electron chi connectivity index (χ1n) is 7.20. The Morgan fingerprint density at radius 2 is 2.00 bits per heavy atom. The number of pyridine rings is 1. The first kappa shape index (κ1) is 14.2. The molecule has 0 saturated heterocycles. The van der Waals surface area contributed by atoms with Crippen molar-refractivity contribution in [1.82, 2.24) is 14.7 Å². The number of hydrogen-bond donors (Lipinski definition) is 1. The highest BCUT2D eigenvalue weighted by molar-refractivity contribution is 7.98. The topological polar surface area (TPSA) is 29.3 Å². The SMILES string of the molecule is CCNCc1ccc(SCc2cn3ccccc3n2)cc1. The number of imidazole rings is 1. The molecule has 3 rings (SSSR count). The Bertz CT molecular complexity index is 670. The Hall–Kier alpha value is -1.78. The van der Waals surface area contributed by atoms with Gasteiger partial charge in [0.05, 0.1) is 5.69 Å². The third-order valence-corrected chi connectivity index (χ3v) is 4.35. The van der Waals surface area contributed by atoms with Crippen molar-refractivity contribution in [3.05, 3.63) is 66.1 Å². The molecule has 3 nitrogen and oxygen atoms in total.